The Morgan fingerprint density at radius 1 is 0.939 bits per heavy atom. The van der Waals surface area contributed by atoms with Crippen LogP contribution in [0.1, 0.15) is 21.5 Å². The summed E-state index contributed by atoms with van der Waals surface area (Å²) in [6.07, 6.45) is 1.59. The van der Waals surface area contributed by atoms with Crippen LogP contribution in [0.5, 0.6) is 11.5 Å². The van der Waals surface area contributed by atoms with Crippen molar-refractivity contribution in [3.63, 3.8) is 0 Å². The van der Waals surface area contributed by atoms with E-state index < -0.39 is 17.9 Å². The third-order valence-corrected chi connectivity index (χ3v) is 5.00. The van der Waals surface area contributed by atoms with E-state index in [-0.39, 0.29) is 17.9 Å². The van der Waals surface area contributed by atoms with Crippen molar-refractivity contribution in [1.82, 2.24) is 5.32 Å². The Labute approximate surface area is 189 Å². The summed E-state index contributed by atoms with van der Waals surface area (Å²) < 4.78 is 10.8. The van der Waals surface area contributed by atoms with Gasteiger partial charge in [0.25, 0.3) is 5.91 Å². The van der Waals surface area contributed by atoms with Gasteiger partial charge in [0.05, 0.1) is 18.8 Å². The molecule has 3 amide bonds. The number of urea groups is 1. The monoisotopic (exact) mass is 443 g/mol. The molecule has 166 valence electrons. The Hall–Kier alpha value is -4.59. The van der Waals surface area contributed by atoms with E-state index in [0.29, 0.717) is 22.7 Å². The van der Waals surface area contributed by atoms with Crippen molar-refractivity contribution < 1.29 is 29.0 Å². The maximum Gasteiger partial charge on any atom is 0.333 e. The molecule has 33 heavy (non-hydrogen) atoms. The van der Waals surface area contributed by atoms with Gasteiger partial charge in [-0.05, 0) is 59.2 Å². The highest BCUT2D eigenvalue weighted by Gasteiger charge is 2.34. The number of ether oxygens (including phenoxy) is 2. The smallest absolute Gasteiger partial charge is 0.333 e. The van der Waals surface area contributed by atoms with E-state index in [4.69, 9.17) is 9.47 Å². The zero-order chi connectivity index (χ0) is 23.4. The zero-order valence-corrected chi connectivity index (χ0v) is 17.6. The molecule has 0 aliphatic carbocycles. The molecule has 0 atom stereocenters. The Morgan fingerprint density at radius 2 is 1.58 bits per heavy atom. The zero-order valence-electron chi connectivity index (χ0n) is 17.6. The number of nitrogens with one attached hydrogen (secondary N) is 1. The summed E-state index contributed by atoms with van der Waals surface area (Å²) >= 11 is 0. The topological polar surface area (TPSA) is 108 Å². The predicted octanol–water partition coefficient (Wildman–Crippen LogP) is 2.74. The van der Waals surface area contributed by atoms with Crippen molar-refractivity contribution in [3.05, 3.63) is 95.2 Å². The van der Waals surface area contributed by atoms with Gasteiger partial charge < -0.3 is 24.7 Å². The second kappa shape index (κ2) is 9.27. The normalized spacial score (nSPS) is 14.3. The van der Waals surface area contributed by atoms with Crippen LogP contribution in [0.4, 0.5) is 10.5 Å². The molecule has 0 radical (unpaired) electrons. The van der Waals surface area contributed by atoms with Crippen molar-refractivity contribution in [2.24, 2.45) is 0 Å². The van der Waals surface area contributed by atoms with Gasteiger partial charge >= 0.3 is 6.03 Å². The summed E-state index contributed by atoms with van der Waals surface area (Å²) in [5, 5.41) is 13.4. The number of imide groups is 1. The first kappa shape index (κ1) is 21.6. The van der Waals surface area contributed by atoms with Gasteiger partial charge in [-0.25, -0.2) is 9.69 Å². The minimum Gasteiger partial charge on any atom is -0.545 e. The number of amides is 3. The number of methoxy groups -OCH3 is 1. The van der Waals surface area contributed by atoms with Crippen molar-refractivity contribution in [2.45, 2.75) is 6.61 Å². The molecular formula is C25H19N2O6-. The summed E-state index contributed by atoms with van der Waals surface area (Å²) in [7, 11) is 1.54. The van der Waals surface area contributed by atoms with Gasteiger partial charge in [0, 0.05) is 0 Å². The molecular weight excluding hydrogens is 424 g/mol. The highest BCUT2D eigenvalue weighted by Crippen LogP contribution is 2.25. The molecule has 3 aromatic rings. The van der Waals surface area contributed by atoms with Gasteiger partial charge in [-0.15, -0.1) is 0 Å². The van der Waals surface area contributed by atoms with Gasteiger partial charge in [-0.2, -0.15) is 0 Å². The van der Waals surface area contributed by atoms with Crippen molar-refractivity contribution in [3.8, 4) is 11.5 Å². The number of carboxylic acid groups (broad SMARTS) is 1. The lowest BCUT2D eigenvalue weighted by Crippen LogP contribution is -2.30. The molecule has 1 N–H and O–H groups in total. The largest absolute Gasteiger partial charge is 0.545 e. The minimum absolute atomic E-state index is 0.107. The molecule has 4 rings (SSSR count). The van der Waals surface area contributed by atoms with Crippen molar-refractivity contribution >= 4 is 29.7 Å². The fraction of sp³-hybridized carbons (Fsp3) is 0.0800. The number of hydrogen-bond acceptors (Lipinski definition) is 6. The second-order valence-electron chi connectivity index (χ2n) is 7.17. The summed E-state index contributed by atoms with van der Waals surface area (Å²) in [6.45, 7) is 0.263. The van der Waals surface area contributed by atoms with Crippen LogP contribution in [0, 0.1) is 0 Å². The molecule has 0 spiro atoms. The molecule has 0 saturated carbocycles. The number of carbonyl (C=O) groups excluding carboxylic acids is 3. The van der Waals surface area contributed by atoms with Crippen LogP contribution in [0.3, 0.4) is 0 Å². The number of carboxylic acids is 1. The van der Waals surface area contributed by atoms with E-state index in [1.165, 1.54) is 19.2 Å². The standard InChI is InChI=1S/C25H20N2O6/c1-32-20-12-8-19(9-13-20)27-23(28)22(26-25(27)31)14-16-4-10-21(11-5-16)33-15-17-2-6-18(7-3-17)24(29)30/h2-14H,15H2,1H3,(H,26,31)(H,29,30)/p-1/b22-14-. The number of nitrogens with zero attached hydrogens (tertiary/aromatic N) is 1. The average Bonchev–Trinajstić information content (AvgIpc) is 3.11. The van der Waals surface area contributed by atoms with E-state index in [1.54, 1.807) is 66.7 Å². The maximum atomic E-state index is 12.7. The lowest BCUT2D eigenvalue weighted by molar-refractivity contribution is -0.255. The maximum absolute atomic E-state index is 12.7. The van der Waals surface area contributed by atoms with Crippen LogP contribution in [-0.4, -0.2) is 25.0 Å². The Morgan fingerprint density at radius 3 is 2.18 bits per heavy atom. The molecule has 0 bridgehead atoms. The van der Waals surface area contributed by atoms with E-state index in [0.717, 1.165) is 10.5 Å². The van der Waals surface area contributed by atoms with Gasteiger partial charge in [0.15, 0.2) is 0 Å². The molecule has 3 aromatic carbocycles. The molecule has 1 heterocycles. The number of rotatable bonds is 7. The summed E-state index contributed by atoms with van der Waals surface area (Å²) in [5.74, 6) is -0.456. The fourth-order valence-electron chi connectivity index (χ4n) is 3.23. The van der Waals surface area contributed by atoms with Crippen LogP contribution < -0.4 is 24.8 Å². The molecule has 1 saturated heterocycles. The van der Waals surface area contributed by atoms with Crippen LogP contribution in [-0.2, 0) is 11.4 Å². The van der Waals surface area contributed by atoms with Crippen molar-refractivity contribution in [1.29, 1.82) is 0 Å². The lowest BCUT2D eigenvalue weighted by Gasteiger charge is -2.12. The van der Waals surface area contributed by atoms with E-state index in [2.05, 4.69) is 5.32 Å². The molecule has 0 unspecified atom stereocenters. The first-order valence-electron chi connectivity index (χ1n) is 9.99. The second-order valence-corrected chi connectivity index (χ2v) is 7.17. The van der Waals surface area contributed by atoms with E-state index in [1.807, 2.05) is 0 Å². The summed E-state index contributed by atoms with van der Waals surface area (Å²) in [6, 6.07) is 19.3. The Bertz CT molecular complexity index is 1220. The quantitative estimate of drug-likeness (QED) is 0.444. The third-order valence-electron chi connectivity index (χ3n) is 5.00. The molecule has 8 heteroatoms. The number of benzene rings is 3. The first-order chi connectivity index (χ1) is 15.9. The third kappa shape index (κ3) is 4.85. The number of carbonyl (C=O) groups is 3. The first-order valence-corrected chi connectivity index (χ1v) is 9.99. The van der Waals surface area contributed by atoms with Gasteiger partial charge in [-0.3, -0.25) is 4.79 Å². The Balaban J connectivity index is 1.41. The number of hydrogen-bond donors (Lipinski definition) is 1. The highest BCUT2D eigenvalue weighted by molar-refractivity contribution is 6.28. The van der Waals surface area contributed by atoms with Gasteiger partial charge in [0.2, 0.25) is 0 Å². The number of anilines is 1. The molecule has 1 aliphatic rings. The summed E-state index contributed by atoms with van der Waals surface area (Å²) in [5.41, 5.74) is 2.23. The average molecular weight is 443 g/mol. The number of aromatic carboxylic acids is 1. The Kier molecular flexibility index (Phi) is 6.08. The highest BCUT2D eigenvalue weighted by atomic mass is 16.5. The molecule has 0 aromatic heterocycles. The predicted molar refractivity (Wildman–Crippen MR) is 119 cm³/mol. The van der Waals surface area contributed by atoms with Crippen LogP contribution in [0.25, 0.3) is 6.08 Å². The molecule has 1 aliphatic heterocycles. The van der Waals surface area contributed by atoms with E-state index >= 15 is 0 Å². The summed E-state index contributed by atoms with van der Waals surface area (Å²) in [4.78, 5) is 36.9. The van der Waals surface area contributed by atoms with Crippen LogP contribution >= 0.6 is 0 Å². The molecule has 1 fully saturated rings. The fourth-order valence-corrected chi connectivity index (χ4v) is 3.23. The molecule has 8 nitrogen and oxygen atoms in total. The lowest BCUT2D eigenvalue weighted by atomic mass is 10.1. The SMILES string of the molecule is COc1ccc(N2C(=O)N/C(=C\c3ccc(OCc4ccc(C(=O)[O-])cc4)cc3)C2=O)cc1. The van der Waals surface area contributed by atoms with E-state index in [9.17, 15) is 19.5 Å². The van der Waals surface area contributed by atoms with Gasteiger partial charge in [-0.1, -0.05) is 36.4 Å². The minimum atomic E-state index is -1.23. The van der Waals surface area contributed by atoms with Crippen LogP contribution in [0.15, 0.2) is 78.5 Å². The van der Waals surface area contributed by atoms with Gasteiger partial charge in [0.1, 0.15) is 23.8 Å². The van der Waals surface area contributed by atoms with Crippen LogP contribution in [0.2, 0.25) is 0 Å². The van der Waals surface area contributed by atoms with Crippen molar-refractivity contribution in [2.75, 3.05) is 12.0 Å².